The average Bonchev–Trinajstić information content (AvgIpc) is 3.08. The molecule has 1 aliphatic heterocycles. The van der Waals surface area contributed by atoms with Crippen LogP contribution in [0.15, 0.2) is 47.5 Å². The number of aromatic nitrogens is 1. The molecule has 25 heavy (non-hydrogen) atoms. The second-order valence-corrected chi connectivity index (χ2v) is 8.24. The van der Waals surface area contributed by atoms with Crippen molar-refractivity contribution in [3.63, 3.8) is 0 Å². The summed E-state index contributed by atoms with van der Waals surface area (Å²) >= 11 is 11.8. The summed E-state index contributed by atoms with van der Waals surface area (Å²) in [5.74, 6) is -0.426. The lowest BCUT2D eigenvalue weighted by atomic mass is 10.2. The predicted molar refractivity (Wildman–Crippen MR) is 96.2 cm³/mol. The van der Waals surface area contributed by atoms with Crippen LogP contribution in [-0.4, -0.2) is 36.2 Å². The van der Waals surface area contributed by atoms with Gasteiger partial charge in [0.2, 0.25) is 15.9 Å². The lowest BCUT2D eigenvalue weighted by Gasteiger charge is -2.23. The number of hydrogen-bond acceptors (Lipinski definition) is 4. The Morgan fingerprint density at radius 1 is 1.20 bits per heavy atom. The van der Waals surface area contributed by atoms with Gasteiger partial charge in [0.05, 0.1) is 10.6 Å². The number of rotatable bonds is 4. The second-order valence-electron chi connectivity index (χ2n) is 5.56. The van der Waals surface area contributed by atoms with Crippen LogP contribution in [-0.2, 0) is 14.8 Å². The van der Waals surface area contributed by atoms with Gasteiger partial charge in [-0.15, -0.1) is 0 Å². The summed E-state index contributed by atoms with van der Waals surface area (Å²) in [7, 11) is -3.79. The van der Waals surface area contributed by atoms with E-state index in [0.717, 1.165) is 0 Å². The van der Waals surface area contributed by atoms with Gasteiger partial charge in [-0.2, -0.15) is 4.31 Å². The first-order chi connectivity index (χ1) is 11.9. The molecule has 0 saturated carbocycles. The first-order valence-corrected chi connectivity index (χ1v) is 9.78. The molecule has 0 spiro atoms. The van der Waals surface area contributed by atoms with Crippen molar-refractivity contribution < 1.29 is 13.2 Å². The first kappa shape index (κ1) is 18.1. The van der Waals surface area contributed by atoms with Crippen molar-refractivity contribution in [1.29, 1.82) is 0 Å². The van der Waals surface area contributed by atoms with E-state index in [4.69, 9.17) is 23.2 Å². The molecule has 0 bridgehead atoms. The molecule has 9 heteroatoms. The summed E-state index contributed by atoms with van der Waals surface area (Å²) in [6.07, 6.45) is 2.55. The minimum absolute atomic E-state index is 0.107. The number of carbonyl (C=O) groups is 1. The van der Waals surface area contributed by atoms with E-state index in [0.29, 0.717) is 23.6 Å². The van der Waals surface area contributed by atoms with Crippen LogP contribution in [0.2, 0.25) is 10.2 Å². The Labute approximate surface area is 155 Å². The second kappa shape index (κ2) is 7.29. The van der Waals surface area contributed by atoms with Crippen LogP contribution in [0, 0.1) is 0 Å². The van der Waals surface area contributed by atoms with Crippen LogP contribution in [0.1, 0.15) is 12.8 Å². The molecule has 1 unspecified atom stereocenters. The van der Waals surface area contributed by atoms with Crippen LogP contribution < -0.4 is 5.32 Å². The number of anilines is 1. The van der Waals surface area contributed by atoms with Gasteiger partial charge in [0.1, 0.15) is 6.04 Å². The number of hydrogen-bond donors (Lipinski definition) is 1. The van der Waals surface area contributed by atoms with Crippen molar-refractivity contribution in [2.75, 3.05) is 11.9 Å². The van der Waals surface area contributed by atoms with Crippen LogP contribution >= 0.6 is 23.2 Å². The molecule has 1 atom stereocenters. The van der Waals surface area contributed by atoms with Crippen molar-refractivity contribution in [3.8, 4) is 0 Å². The lowest BCUT2D eigenvalue weighted by Crippen LogP contribution is -2.43. The first-order valence-electron chi connectivity index (χ1n) is 7.58. The fraction of sp³-hybridized carbons (Fsp3) is 0.250. The normalized spacial score (nSPS) is 18.2. The largest absolute Gasteiger partial charge is 0.322 e. The molecular weight excluding hydrogens is 385 g/mol. The Morgan fingerprint density at radius 3 is 2.60 bits per heavy atom. The molecule has 1 aliphatic rings. The number of pyridine rings is 1. The quantitative estimate of drug-likeness (QED) is 0.800. The Balaban J connectivity index is 1.83. The van der Waals surface area contributed by atoms with E-state index >= 15 is 0 Å². The van der Waals surface area contributed by atoms with Gasteiger partial charge in [0, 0.05) is 17.8 Å². The predicted octanol–water partition coefficient (Wildman–Crippen LogP) is 3.18. The SMILES string of the molecule is O=C(Nc1cccnc1Cl)C1CCCN1S(=O)(=O)c1ccc(Cl)cc1. The van der Waals surface area contributed by atoms with E-state index in [-0.39, 0.29) is 16.6 Å². The molecule has 1 aromatic heterocycles. The Bertz CT molecular complexity index is 888. The molecule has 1 saturated heterocycles. The minimum Gasteiger partial charge on any atom is -0.322 e. The Hall–Kier alpha value is -1.67. The van der Waals surface area contributed by atoms with Gasteiger partial charge in [0.25, 0.3) is 0 Å². The van der Waals surface area contributed by atoms with Crippen molar-refractivity contribution in [2.24, 2.45) is 0 Å². The van der Waals surface area contributed by atoms with Gasteiger partial charge in [-0.1, -0.05) is 23.2 Å². The number of nitrogens with zero attached hydrogens (tertiary/aromatic N) is 2. The highest BCUT2D eigenvalue weighted by Crippen LogP contribution is 2.28. The minimum atomic E-state index is -3.79. The molecule has 0 aliphatic carbocycles. The third kappa shape index (κ3) is 3.79. The van der Waals surface area contributed by atoms with Gasteiger partial charge in [-0.3, -0.25) is 4.79 Å². The molecule has 3 rings (SSSR count). The number of benzene rings is 1. The van der Waals surface area contributed by atoms with Gasteiger partial charge in [0.15, 0.2) is 5.15 Å². The molecule has 1 N–H and O–H groups in total. The number of carbonyl (C=O) groups excluding carboxylic acids is 1. The molecule has 0 radical (unpaired) electrons. The zero-order chi connectivity index (χ0) is 18.0. The highest BCUT2D eigenvalue weighted by atomic mass is 35.5. The summed E-state index contributed by atoms with van der Waals surface area (Å²) in [5, 5.41) is 3.25. The fourth-order valence-electron chi connectivity index (χ4n) is 2.73. The smallest absolute Gasteiger partial charge is 0.243 e. The zero-order valence-electron chi connectivity index (χ0n) is 13.0. The van der Waals surface area contributed by atoms with Crippen molar-refractivity contribution in [2.45, 2.75) is 23.8 Å². The van der Waals surface area contributed by atoms with Gasteiger partial charge in [-0.05, 0) is 49.2 Å². The third-order valence-electron chi connectivity index (χ3n) is 3.94. The monoisotopic (exact) mass is 399 g/mol. The summed E-state index contributed by atoms with van der Waals surface area (Å²) < 4.78 is 26.9. The Kier molecular flexibility index (Phi) is 5.29. The van der Waals surface area contributed by atoms with Crippen molar-refractivity contribution in [3.05, 3.63) is 52.8 Å². The topological polar surface area (TPSA) is 79.4 Å². The van der Waals surface area contributed by atoms with E-state index in [9.17, 15) is 13.2 Å². The fourth-order valence-corrected chi connectivity index (χ4v) is 4.68. The molecule has 1 aromatic carbocycles. The zero-order valence-corrected chi connectivity index (χ0v) is 15.4. The van der Waals surface area contributed by atoms with Gasteiger partial charge < -0.3 is 5.32 Å². The van der Waals surface area contributed by atoms with E-state index < -0.39 is 22.0 Å². The van der Waals surface area contributed by atoms with Gasteiger partial charge in [-0.25, -0.2) is 13.4 Å². The van der Waals surface area contributed by atoms with E-state index in [1.807, 2.05) is 0 Å². The highest BCUT2D eigenvalue weighted by molar-refractivity contribution is 7.89. The Morgan fingerprint density at radius 2 is 1.92 bits per heavy atom. The summed E-state index contributed by atoms with van der Waals surface area (Å²) in [5.41, 5.74) is 0.352. The molecule has 2 aromatic rings. The van der Waals surface area contributed by atoms with Crippen molar-refractivity contribution in [1.82, 2.24) is 9.29 Å². The molecule has 6 nitrogen and oxygen atoms in total. The third-order valence-corrected chi connectivity index (χ3v) is 6.42. The maximum absolute atomic E-state index is 12.8. The maximum Gasteiger partial charge on any atom is 0.243 e. The van der Waals surface area contributed by atoms with Crippen LogP contribution in [0.3, 0.4) is 0 Å². The summed E-state index contributed by atoms with van der Waals surface area (Å²) in [6.45, 7) is 0.282. The number of amides is 1. The lowest BCUT2D eigenvalue weighted by molar-refractivity contribution is -0.119. The van der Waals surface area contributed by atoms with E-state index in [1.54, 1.807) is 12.1 Å². The van der Waals surface area contributed by atoms with E-state index in [2.05, 4.69) is 10.3 Å². The van der Waals surface area contributed by atoms with Crippen molar-refractivity contribution >= 4 is 44.8 Å². The number of nitrogens with one attached hydrogen (secondary N) is 1. The maximum atomic E-state index is 12.8. The standard InChI is InChI=1S/C16H15Cl2N3O3S/c17-11-5-7-12(8-6-11)25(23,24)21-10-2-4-14(21)16(22)20-13-3-1-9-19-15(13)18/h1,3,5-9,14H,2,4,10H2,(H,20,22). The van der Waals surface area contributed by atoms with Crippen LogP contribution in [0.25, 0.3) is 0 Å². The molecular formula is C16H15Cl2N3O3S. The van der Waals surface area contributed by atoms with Crippen LogP contribution in [0.4, 0.5) is 5.69 Å². The van der Waals surface area contributed by atoms with Gasteiger partial charge >= 0.3 is 0 Å². The highest BCUT2D eigenvalue weighted by Gasteiger charge is 2.39. The summed E-state index contributed by atoms with van der Waals surface area (Å²) in [4.78, 5) is 16.6. The summed E-state index contributed by atoms with van der Waals surface area (Å²) in [6, 6.07) is 8.34. The van der Waals surface area contributed by atoms with E-state index in [1.165, 1.54) is 34.8 Å². The number of sulfonamides is 1. The van der Waals surface area contributed by atoms with Crippen LogP contribution in [0.5, 0.6) is 0 Å². The number of halogens is 2. The average molecular weight is 400 g/mol. The molecule has 1 amide bonds. The molecule has 132 valence electrons. The molecule has 2 heterocycles. The molecule has 1 fully saturated rings.